The van der Waals surface area contributed by atoms with Crippen molar-refractivity contribution in [3.05, 3.63) is 58.1 Å². The van der Waals surface area contributed by atoms with Gasteiger partial charge in [-0.25, -0.2) is 0 Å². The van der Waals surface area contributed by atoms with Crippen LogP contribution in [0.3, 0.4) is 0 Å². The summed E-state index contributed by atoms with van der Waals surface area (Å²) in [5.74, 6) is -0.579. The number of rotatable bonds is 1. The van der Waals surface area contributed by atoms with Crippen molar-refractivity contribution >= 4 is 11.6 Å². The van der Waals surface area contributed by atoms with Gasteiger partial charge in [-0.15, -0.1) is 0 Å². The molecular formula is C20H18O5. The molecule has 0 heterocycles. The molecule has 0 unspecified atom stereocenters. The van der Waals surface area contributed by atoms with E-state index in [1.807, 2.05) is 0 Å². The predicted molar refractivity (Wildman–Crippen MR) is 90.1 cm³/mol. The number of aromatic hydroxyl groups is 2. The lowest BCUT2D eigenvalue weighted by molar-refractivity contribution is 0.0889. The van der Waals surface area contributed by atoms with Crippen LogP contribution < -0.4 is 0 Å². The second kappa shape index (κ2) is 5.70. The van der Waals surface area contributed by atoms with E-state index in [0.29, 0.717) is 35.1 Å². The Morgan fingerprint density at radius 1 is 0.800 bits per heavy atom. The van der Waals surface area contributed by atoms with E-state index in [9.17, 15) is 24.9 Å². The molecule has 2 aromatic rings. The van der Waals surface area contributed by atoms with Crippen molar-refractivity contribution in [2.75, 3.05) is 0 Å². The van der Waals surface area contributed by atoms with Gasteiger partial charge in [0.25, 0.3) is 0 Å². The smallest absolute Gasteiger partial charge is 0.166 e. The molecule has 5 heteroatoms. The lowest BCUT2D eigenvalue weighted by Gasteiger charge is -2.30. The Bertz CT molecular complexity index is 899. The van der Waals surface area contributed by atoms with Gasteiger partial charge in [0.05, 0.1) is 11.7 Å². The number of hydrogen-bond acceptors (Lipinski definition) is 5. The van der Waals surface area contributed by atoms with Crippen molar-refractivity contribution in [3.63, 3.8) is 0 Å². The van der Waals surface area contributed by atoms with Crippen LogP contribution in [0, 0.1) is 0 Å². The van der Waals surface area contributed by atoms with Gasteiger partial charge in [-0.1, -0.05) is 18.2 Å². The van der Waals surface area contributed by atoms with E-state index in [1.165, 1.54) is 12.1 Å². The first-order valence-corrected chi connectivity index (χ1v) is 8.41. The topological polar surface area (TPSA) is 94.8 Å². The first kappa shape index (κ1) is 15.8. The fourth-order valence-corrected chi connectivity index (χ4v) is 4.13. The number of phenolic OH excluding ortho intramolecular Hbond substituents is 2. The van der Waals surface area contributed by atoms with Crippen LogP contribution in [0.1, 0.15) is 75.1 Å². The molecule has 2 aromatic carbocycles. The van der Waals surface area contributed by atoms with Crippen LogP contribution in [-0.2, 0) is 0 Å². The lowest BCUT2D eigenvalue weighted by atomic mass is 9.73. The Hall–Kier alpha value is -2.66. The Labute approximate surface area is 144 Å². The van der Waals surface area contributed by atoms with Crippen molar-refractivity contribution in [3.8, 4) is 11.5 Å². The van der Waals surface area contributed by atoms with E-state index in [0.717, 1.165) is 0 Å². The minimum absolute atomic E-state index is 0.0498. The van der Waals surface area contributed by atoms with Gasteiger partial charge in [0, 0.05) is 29.9 Å². The highest BCUT2D eigenvalue weighted by molar-refractivity contribution is 6.03. The Morgan fingerprint density at radius 2 is 1.48 bits per heavy atom. The SMILES string of the molecule is O=C1CC[C@@H](c2ccc(O)c3c2C(=O)CC[C@@H]3O)c2cccc(O)c21. The second-order valence-corrected chi connectivity index (χ2v) is 6.70. The van der Waals surface area contributed by atoms with E-state index in [4.69, 9.17) is 0 Å². The van der Waals surface area contributed by atoms with Gasteiger partial charge in [-0.05, 0) is 36.1 Å². The maximum absolute atomic E-state index is 12.6. The number of aliphatic hydroxyl groups excluding tert-OH is 1. The summed E-state index contributed by atoms with van der Waals surface area (Å²) >= 11 is 0. The van der Waals surface area contributed by atoms with Crippen LogP contribution in [0.4, 0.5) is 0 Å². The van der Waals surface area contributed by atoms with Gasteiger partial charge >= 0.3 is 0 Å². The molecule has 0 bridgehead atoms. The third-order valence-corrected chi connectivity index (χ3v) is 5.28. The normalized spacial score (nSPS) is 22.4. The van der Waals surface area contributed by atoms with E-state index in [-0.39, 0.29) is 47.4 Å². The zero-order valence-corrected chi connectivity index (χ0v) is 13.5. The molecule has 0 radical (unpaired) electrons. The molecule has 2 atom stereocenters. The Kier molecular flexibility index (Phi) is 3.62. The number of benzene rings is 2. The van der Waals surface area contributed by atoms with Crippen molar-refractivity contribution in [2.24, 2.45) is 0 Å². The van der Waals surface area contributed by atoms with Crippen LogP contribution in [-0.4, -0.2) is 26.9 Å². The standard InChI is InChI=1S/C20H18O5/c21-13-3-1-2-11-10(4-6-14(22)18(11)13)12-5-7-16(24)20-17(25)9-8-15(23)19(12)20/h1-3,5,7,10,17,21,24-25H,4,6,8-9H2/t10-,17+/m1/s1. The number of phenols is 2. The Balaban J connectivity index is 1.95. The number of carbonyl (C=O) groups is 2. The first-order valence-electron chi connectivity index (χ1n) is 8.41. The molecular weight excluding hydrogens is 320 g/mol. The van der Waals surface area contributed by atoms with Crippen molar-refractivity contribution in [1.29, 1.82) is 0 Å². The van der Waals surface area contributed by atoms with E-state index in [1.54, 1.807) is 18.2 Å². The van der Waals surface area contributed by atoms with Gasteiger partial charge in [-0.3, -0.25) is 9.59 Å². The summed E-state index contributed by atoms with van der Waals surface area (Å²) in [6, 6.07) is 8.15. The van der Waals surface area contributed by atoms with Crippen molar-refractivity contribution in [2.45, 2.75) is 37.7 Å². The second-order valence-electron chi connectivity index (χ2n) is 6.70. The van der Waals surface area contributed by atoms with Crippen molar-refractivity contribution in [1.82, 2.24) is 0 Å². The minimum atomic E-state index is -0.874. The average molecular weight is 338 g/mol. The lowest BCUT2D eigenvalue weighted by Crippen LogP contribution is -2.22. The largest absolute Gasteiger partial charge is 0.508 e. The zero-order chi connectivity index (χ0) is 17.7. The Morgan fingerprint density at radius 3 is 2.28 bits per heavy atom. The van der Waals surface area contributed by atoms with Gasteiger partial charge < -0.3 is 15.3 Å². The molecule has 25 heavy (non-hydrogen) atoms. The summed E-state index contributed by atoms with van der Waals surface area (Å²) in [4.78, 5) is 24.8. The molecule has 2 aliphatic carbocycles. The molecule has 0 amide bonds. The summed E-state index contributed by atoms with van der Waals surface area (Å²) in [6.07, 6.45) is 0.450. The molecule has 0 aliphatic heterocycles. The third kappa shape index (κ3) is 2.35. The molecule has 0 spiro atoms. The van der Waals surface area contributed by atoms with Crippen molar-refractivity contribution < 1.29 is 24.9 Å². The number of fused-ring (bicyclic) bond motifs is 2. The van der Waals surface area contributed by atoms with Gasteiger partial charge in [0.2, 0.25) is 0 Å². The number of ketones is 2. The quantitative estimate of drug-likeness (QED) is 0.742. The number of aliphatic hydroxyl groups is 1. The maximum atomic E-state index is 12.6. The highest BCUT2D eigenvalue weighted by Gasteiger charge is 2.35. The molecule has 5 nitrogen and oxygen atoms in total. The number of hydrogen-bond donors (Lipinski definition) is 3. The molecule has 3 N–H and O–H groups in total. The highest BCUT2D eigenvalue weighted by Crippen LogP contribution is 2.45. The monoisotopic (exact) mass is 338 g/mol. The fraction of sp³-hybridized carbons (Fsp3) is 0.300. The molecule has 4 rings (SSSR count). The van der Waals surface area contributed by atoms with Crippen LogP contribution in [0.15, 0.2) is 30.3 Å². The van der Waals surface area contributed by atoms with Gasteiger partial charge in [-0.2, -0.15) is 0 Å². The molecule has 0 saturated heterocycles. The molecule has 128 valence electrons. The number of carbonyl (C=O) groups excluding carboxylic acids is 2. The summed E-state index contributed by atoms with van der Waals surface area (Å²) in [5.41, 5.74) is 2.36. The van der Waals surface area contributed by atoms with Crippen LogP contribution >= 0.6 is 0 Å². The predicted octanol–water partition coefficient (Wildman–Crippen LogP) is 3.22. The third-order valence-electron chi connectivity index (χ3n) is 5.28. The first-order chi connectivity index (χ1) is 12.0. The summed E-state index contributed by atoms with van der Waals surface area (Å²) in [6.45, 7) is 0. The summed E-state index contributed by atoms with van der Waals surface area (Å²) in [7, 11) is 0. The minimum Gasteiger partial charge on any atom is -0.508 e. The molecule has 0 aromatic heterocycles. The molecule has 0 fully saturated rings. The van der Waals surface area contributed by atoms with E-state index < -0.39 is 6.10 Å². The van der Waals surface area contributed by atoms with Gasteiger partial charge in [0.1, 0.15) is 11.5 Å². The van der Waals surface area contributed by atoms with Crippen LogP contribution in [0.5, 0.6) is 11.5 Å². The van der Waals surface area contributed by atoms with E-state index in [2.05, 4.69) is 0 Å². The fourth-order valence-electron chi connectivity index (χ4n) is 4.13. The van der Waals surface area contributed by atoms with E-state index >= 15 is 0 Å². The highest BCUT2D eigenvalue weighted by atomic mass is 16.3. The zero-order valence-electron chi connectivity index (χ0n) is 13.5. The van der Waals surface area contributed by atoms with Crippen LogP contribution in [0.25, 0.3) is 0 Å². The average Bonchev–Trinajstić information content (AvgIpc) is 2.59. The molecule has 0 saturated carbocycles. The van der Waals surface area contributed by atoms with Crippen LogP contribution in [0.2, 0.25) is 0 Å². The van der Waals surface area contributed by atoms with Gasteiger partial charge in [0.15, 0.2) is 11.6 Å². The summed E-state index contributed by atoms with van der Waals surface area (Å²) < 4.78 is 0. The summed E-state index contributed by atoms with van der Waals surface area (Å²) in [5, 5.41) is 30.5. The number of Topliss-reactive ketones (excluding diaryl/α,β-unsaturated/α-hetero) is 2. The molecule has 2 aliphatic rings. The maximum Gasteiger partial charge on any atom is 0.166 e.